The number of sulfone groups is 1. The summed E-state index contributed by atoms with van der Waals surface area (Å²) >= 11 is 0. The van der Waals surface area contributed by atoms with Crippen LogP contribution in [0.4, 0.5) is 0 Å². The summed E-state index contributed by atoms with van der Waals surface area (Å²) in [7, 11) is -3.02. The summed E-state index contributed by atoms with van der Waals surface area (Å²) in [6.45, 7) is 0. The lowest BCUT2D eigenvalue weighted by Crippen LogP contribution is -2.35. The van der Waals surface area contributed by atoms with Gasteiger partial charge in [-0.05, 0) is 30.7 Å². The van der Waals surface area contributed by atoms with Gasteiger partial charge in [0.2, 0.25) is 0 Å². The zero-order valence-electron chi connectivity index (χ0n) is 14.4. The molecule has 2 heterocycles. The van der Waals surface area contributed by atoms with Crippen LogP contribution in [0.25, 0.3) is 16.9 Å². The summed E-state index contributed by atoms with van der Waals surface area (Å²) < 4.78 is 24.7. The van der Waals surface area contributed by atoms with E-state index in [0.717, 1.165) is 16.9 Å². The highest BCUT2D eigenvalue weighted by molar-refractivity contribution is 7.91. The number of carbonyl (C=O) groups is 1. The van der Waals surface area contributed by atoms with Crippen LogP contribution in [0.15, 0.2) is 60.8 Å². The molecule has 1 atom stereocenters. The maximum Gasteiger partial charge on any atom is 0.251 e. The van der Waals surface area contributed by atoms with Crippen LogP contribution in [0.1, 0.15) is 16.8 Å². The number of hydrogen-bond donors (Lipinski definition) is 1. The van der Waals surface area contributed by atoms with Gasteiger partial charge in [-0.2, -0.15) is 0 Å². The third-order valence-corrected chi connectivity index (χ3v) is 6.33. The smallest absolute Gasteiger partial charge is 0.251 e. The lowest BCUT2D eigenvalue weighted by Gasteiger charge is -2.11. The van der Waals surface area contributed by atoms with Crippen LogP contribution in [-0.4, -0.2) is 46.9 Å². The van der Waals surface area contributed by atoms with Crippen molar-refractivity contribution in [2.45, 2.75) is 12.5 Å². The Bertz CT molecular complexity index is 1060. The molecule has 138 valence electrons. The molecule has 1 aromatic heterocycles. The van der Waals surface area contributed by atoms with Crippen molar-refractivity contribution in [3.05, 3.63) is 66.4 Å². The van der Waals surface area contributed by atoms with E-state index in [9.17, 15) is 13.2 Å². The summed E-state index contributed by atoms with van der Waals surface area (Å²) in [5.74, 6) is -0.132. The first-order valence-corrected chi connectivity index (χ1v) is 10.4. The highest BCUT2D eigenvalue weighted by atomic mass is 32.2. The Labute approximate surface area is 156 Å². The second-order valence-corrected chi connectivity index (χ2v) is 8.75. The van der Waals surface area contributed by atoms with Gasteiger partial charge in [-0.1, -0.05) is 35.5 Å². The molecule has 8 heteroatoms. The molecule has 1 saturated heterocycles. The standard InChI is InChI=1S/C19H18N4O3S/c24-19(21-16-10-11-27(25,26)13-16)15-6-8-17(9-7-15)23-18(12-20-22-23)14-4-2-1-3-5-14/h1-9,12,16H,10-11,13H2,(H,21,24). The van der Waals surface area contributed by atoms with Crippen molar-refractivity contribution in [1.29, 1.82) is 0 Å². The Morgan fingerprint density at radius 2 is 1.81 bits per heavy atom. The van der Waals surface area contributed by atoms with Crippen LogP contribution >= 0.6 is 0 Å². The molecule has 0 saturated carbocycles. The third-order valence-electron chi connectivity index (χ3n) is 4.56. The average molecular weight is 382 g/mol. The first-order chi connectivity index (χ1) is 13.0. The number of carbonyl (C=O) groups excluding carboxylic acids is 1. The van der Waals surface area contributed by atoms with Gasteiger partial charge in [0.05, 0.1) is 29.1 Å². The minimum atomic E-state index is -3.02. The highest BCUT2D eigenvalue weighted by Crippen LogP contribution is 2.21. The molecule has 0 radical (unpaired) electrons. The molecule has 1 N–H and O–H groups in total. The Morgan fingerprint density at radius 3 is 2.48 bits per heavy atom. The van der Waals surface area contributed by atoms with Crippen molar-refractivity contribution in [3.63, 3.8) is 0 Å². The topological polar surface area (TPSA) is 94.0 Å². The number of rotatable bonds is 4. The summed E-state index contributed by atoms with van der Waals surface area (Å²) in [5.41, 5.74) is 3.10. The van der Waals surface area contributed by atoms with Gasteiger partial charge in [-0.25, -0.2) is 13.1 Å². The van der Waals surface area contributed by atoms with Gasteiger partial charge in [-0.15, -0.1) is 5.10 Å². The molecule has 1 amide bonds. The van der Waals surface area contributed by atoms with E-state index < -0.39 is 9.84 Å². The van der Waals surface area contributed by atoms with Crippen LogP contribution in [0.3, 0.4) is 0 Å². The van der Waals surface area contributed by atoms with Crippen molar-refractivity contribution in [1.82, 2.24) is 20.3 Å². The maximum absolute atomic E-state index is 12.4. The first-order valence-electron chi connectivity index (χ1n) is 8.60. The van der Waals surface area contributed by atoms with Gasteiger partial charge in [-0.3, -0.25) is 4.79 Å². The van der Waals surface area contributed by atoms with Crippen LogP contribution in [0.2, 0.25) is 0 Å². The SMILES string of the molecule is O=C(NC1CCS(=O)(=O)C1)c1ccc(-n2nncc2-c2ccccc2)cc1. The summed E-state index contributed by atoms with van der Waals surface area (Å²) in [6, 6.07) is 16.5. The summed E-state index contributed by atoms with van der Waals surface area (Å²) in [4.78, 5) is 12.4. The molecule has 7 nitrogen and oxygen atoms in total. The predicted octanol–water partition coefficient (Wildman–Crippen LogP) is 1.85. The third kappa shape index (κ3) is 3.75. The Morgan fingerprint density at radius 1 is 1.07 bits per heavy atom. The van der Waals surface area contributed by atoms with Crippen molar-refractivity contribution in [3.8, 4) is 16.9 Å². The molecular formula is C19H18N4O3S. The molecule has 2 aromatic carbocycles. The van der Waals surface area contributed by atoms with Crippen molar-refractivity contribution >= 4 is 15.7 Å². The van der Waals surface area contributed by atoms with Crippen molar-refractivity contribution in [2.75, 3.05) is 11.5 Å². The number of benzene rings is 2. The van der Waals surface area contributed by atoms with E-state index in [1.807, 2.05) is 30.3 Å². The second kappa shape index (κ2) is 6.96. The van der Waals surface area contributed by atoms with Gasteiger partial charge in [0.1, 0.15) is 0 Å². The molecular weight excluding hydrogens is 364 g/mol. The van der Waals surface area contributed by atoms with Gasteiger partial charge in [0.15, 0.2) is 9.84 Å². The van der Waals surface area contributed by atoms with Crippen LogP contribution in [0.5, 0.6) is 0 Å². The second-order valence-electron chi connectivity index (χ2n) is 6.52. The van der Waals surface area contributed by atoms with Crippen LogP contribution < -0.4 is 5.32 Å². The Hall–Kier alpha value is -3.00. The van der Waals surface area contributed by atoms with Crippen molar-refractivity contribution < 1.29 is 13.2 Å². The molecule has 0 spiro atoms. The van der Waals surface area contributed by atoms with E-state index in [2.05, 4.69) is 15.6 Å². The van der Waals surface area contributed by atoms with Crippen LogP contribution in [-0.2, 0) is 9.84 Å². The van der Waals surface area contributed by atoms with Gasteiger partial charge >= 0.3 is 0 Å². The number of aromatic nitrogens is 3. The summed E-state index contributed by atoms with van der Waals surface area (Å²) in [5, 5.41) is 10.9. The lowest BCUT2D eigenvalue weighted by molar-refractivity contribution is 0.0941. The minimum absolute atomic E-state index is 0.0101. The monoisotopic (exact) mass is 382 g/mol. The fraction of sp³-hybridized carbons (Fsp3) is 0.211. The van der Waals surface area contributed by atoms with E-state index in [4.69, 9.17) is 0 Å². The normalized spacial score (nSPS) is 18.3. The van der Waals surface area contributed by atoms with Crippen LogP contribution in [0, 0.1) is 0 Å². The largest absolute Gasteiger partial charge is 0.348 e. The Kier molecular flexibility index (Phi) is 4.49. The van der Waals surface area contributed by atoms with Crippen molar-refractivity contribution in [2.24, 2.45) is 0 Å². The Balaban J connectivity index is 1.52. The molecule has 27 heavy (non-hydrogen) atoms. The quantitative estimate of drug-likeness (QED) is 0.743. The van der Waals surface area contributed by atoms with Gasteiger partial charge < -0.3 is 5.32 Å². The zero-order valence-corrected chi connectivity index (χ0v) is 15.3. The first kappa shape index (κ1) is 17.4. The maximum atomic E-state index is 12.4. The molecule has 1 aliphatic heterocycles. The molecule has 1 aliphatic rings. The van der Waals surface area contributed by atoms with Gasteiger partial charge in [0.25, 0.3) is 5.91 Å². The zero-order chi connectivity index (χ0) is 18.9. The number of amides is 1. The number of hydrogen-bond acceptors (Lipinski definition) is 5. The summed E-state index contributed by atoms with van der Waals surface area (Å²) in [6.07, 6.45) is 2.15. The number of nitrogens with zero attached hydrogens (tertiary/aromatic N) is 3. The van der Waals surface area contributed by atoms with E-state index in [1.165, 1.54) is 0 Å². The highest BCUT2D eigenvalue weighted by Gasteiger charge is 2.29. The molecule has 1 unspecified atom stereocenters. The molecule has 1 fully saturated rings. The van der Waals surface area contributed by atoms with E-state index >= 15 is 0 Å². The fourth-order valence-electron chi connectivity index (χ4n) is 3.16. The molecule has 0 aliphatic carbocycles. The van der Waals surface area contributed by atoms with E-state index in [0.29, 0.717) is 12.0 Å². The van der Waals surface area contributed by atoms with E-state index in [-0.39, 0.29) is 23.5 Å². The minimum Gasteiger partial charge on any atom is -0.348 e. The molecule has 0 bridgehead atoms. The fourth-order valence-corrected chi connectivity index (χ4v) is 4.84. The lowest BCUT2D eigenvalue weighted by atomic mass is 10.1. The predicted molar refractivity (Wildman–Crippen MR) is 101 cm³/mol. The average Bonchev–Trinajstić information content (AvgIpc) is 3.29. The molecule has 3 aromatic rings. The number of nitrogens with one attached hydrogen (secondary N) is 1. The van der Waals surface area contributed by atoms with Gasteiger partial charge in [0, 0.05) is 17.2 Å². The van der Waals surface area contributed by atoms with E-state index in [1.54, 1.807) is 35.1 Å². The molecule has 4 rings (SSSR count).